The molecule has 6 heteroatoms. The summed E-state index contributed by atoms with van der Waals surface area (Å²) in [5.41, 5.74) is 3.06. The predicted molar refractivity (Wildman–Crippen MR) is 120 cm³/mol. The third-order valence-corrected chi connectivity index (χ3v) is 7.49. The first kappa shape index (κ1) is 20.6. The molecule has 6 nitrogen and oxygen atoms in total. The van der Waals surface area contributed by atoms with E-state index in [2.05, 4.69) is 10.2 Å². The molecule has 2 fully saturated rings. The summed E-state index contributed by atoms with van der Waals surface area (Å²) in [6.07, 6.45) is 8.98. The summed E-state index contributed by atoms with van der Waals surface area (Å²) in [6, 6.07) is 4.48. The number of rotatable bonds is 5. The molecular formula is C25H32N2O4. The summed E-state index contributed by atoms with van der Waals surface area (Å²) in [4.78, 5) is 27.4. The molecule has 2 saturated heterocycles. The van der Waals surface area contributed by atoms with Gasteiger partial charge in [-0.3, -0.25) is 4.79 Å². The van der Waals surface area contributed by atoms with Crippen molar-refractivity contribution in [3.8, 4) is 5.75 Å². The van der Waals surface area contributed by atoms with Crippen molar-refractivity contribution in [2.45, 2.75) is 64.3 Å². The van der Waals surface area contributed by atoms with Gasteiger partial charge in [0, 0.05) is 29.1 Å². The highest BCUT2D eigenvalue weighted by atomic mass is 16.5. The Kier molecular flexibility index (Phi) is 5.74. The molecule has 0 bridgehead atoms. The number of carbonyl (C=O) groups is 1. The van der Waals surface area contributed by atoms with E-state index in [0.717, 1.165) is 47.9 Å². The molecule has 1 amide bonds. The molecule has 2 aliphatic heterocycles. The standard InChI is InChI=1S/C25H32N2O4/c1-16-22(11-10-19-18-7-4-8-20(18)25(29)31-24(16)19)30-15-23(28)26-14-17-6-5-13-27-12-3-2-9-21(17)27/h10-11,17,21H,2-9,12-15H2,1H3,(H,26,28)/t17-,21-/m1/s1. The Hall–Kier alpha value is -2.34. The molecule has 31 heavy (non-hydrogen) atoms. The van der Waals surface area contributed by atoms with E-state index in [1.54, 1.807) is 0 Å². The smallest absolute Gasteiger partial charge is 0.339 e. The molecule has 3 heterocycles. The van der Waals surface area contributed by atoms with Crippen LogP contribution in [0, 0.1) is 12.8 Å². The quantitative estimate of drug-likeness (QED) is 0.746. The number of nitrogens with zero attached hydrogens (tertiary/aromatic N) is 1. The molecule has 0 saturated carbocycles. The second-order valence-corrected chi connectivity index (χ2v) is 9.36. The number of carbonyl (C=O) groups excluding carboxylic acids is 1. The highest BCUT2D eigenvalue weighted by Crippen LogP contribution is 2.33. The fourth-order valence-electron chi connectivity index (χ4n) is 5.87. The number of nitrogens with one attached hydrogen (secondary N) is 1. The third-order valence-electron chi connectivity index (χ3n) is 7.49. The van der Waals surface area contributed by atoms with Crippen LogP contribution in [0.15, 0.2) is 21.3 Å². The summed E-state index contributed by atoms with van der Waals surface area (Å²) in [5, 5.41) is 4.09. The average molecular weight is 425 g/mol. The number of fused-ring (bicyclic) bond motifs is 4. The molecular weight excluding hydrogens is 392 g/mol. The summed E-state index contributed by atoms with van der Waals surface area (Å²) < 4.78 is 11.4. The van der Waals surface area contributed by atoms with Gasteiger partial charge in [0.2, 0.25) is 0 Å². The van der Waals surface area contributed by atoms with Gasteiger partial charge < -0.3 is 19.4 Å². The van der Waals surface area contributed by atoms with Crippen molar-refractivity contribution in [1.29, 1.82) is 0 Å². The van der Waals surface area contributed by atoms with Crippen LogP contribution in [-0.4, -0.2) is 43.1 Å². The summed E-state index contributed by atoms with van der Waals surface area (Å²) in [6.45, 7) is 5.00. The van der Waals surface area contributed by atoms with Gasteiger partial charge >= 0.3 is 5.63 Å². The molecule has 5 rings (SSSR count). The monoisotopic (exact) mass is 424 g/mol. The van der Waals surface area contributed by atoms with Crippen molar-refractivity contribution in [1.82, 2.24) is 10.2 Å². The van der Waals surface area contributed by atoms with E-state index < -0.39 is 0 Å². The lowest BCUT2D eigenvalue weighted by molar-refractivity contribution is -0.123. The minimum atomic E-state index is -0.234. The van der Waals surface area contributed by atoms with Crippen LogP contribution in [0.2, 0.25) is 0 Å². The fourth-order valence-corrected chi connectivity index (χ4v) is 5.87. The number of hydrogen-bond acceptors (Lipinski definition) is 5. The lowest BCUT2D eigenvalue weighted by Crippen LogP contribution is -2.51. The average Bonchev–Trinajstić information content (AvgIpc) is 3.29. The van der Waals surface area contributed by atoms with Crippen molar-refractivity contribution in [2.24, 2.45) is 5.92 Å². The Morgan fingerprint density at radius 3 is 2.87 bits per heavy atom. The molecule has 1 aromatic carbocycles. The molecule has 0 radical (unpaired) electrons. The number of amides is 1. The number of ether oxygens (including phenoxy) is 1. The van der Waals surface area contributed by atoms with Gasteiger partial charge in [0.1, 0.15) is 11.3 Å². The molecule has 166 valence electrons. The van der Waals surface area contributed by atoms with Crippen molar-refractivity contribution in [2.75, 3.05) is 26.2 Å². The van der Waals surface area contributed by atoms with Gasteiger partial charge in [0.15, 0.2) is 6.61 Å². The Bertz CT molecular complexity index is 1040. The first-order valence-corrected chi connectivity index (χ1v) is 11.8. The second-order valence-electron chi connectivity index (χ2n) is 9.36. The molecule has 0 spiro atoms. The highest BCUT2D eigenvalue weighted by Gasteiger charge is 2.33. The molecule has 3 aliphatic rings. The van der Waals surface area contributed by atoms with Crippen molar-refractivity contribution in [3.63, 3.8) is 0 Å². The second kappa shape index (κ2) is 8.65. The highest BCUT2D eigenvalue weighted by molar-refractivity contribution is 5.86. The Balaban J connectivity index is 1.22. The molecule has 1 aliphatic carbocycles. The van der Waals surface area contributed by atoms with Crippen LogP contribution in [0.1, 0.15) is 55.2 Å². The molecule has 1 aromatic heterocycles. The van der Waals surface area contributed by atoms with Crippen LogP contribution in [-0.2, 0) is 17.6 Å². The number of benzene rings is 1. The van der Waals surface area contributed by atoms with E-state index in [-0.39, 0.29) is 18.1 Å². The van der Waals surface area contributed by atoms with Crippen LogP contribution < -0.4 is 15.7 Å². The summed E-state index contributed by atoms with van der Waals surface area (Å²) >= 11 is 0. The largest absolute Gasteiger partial charge is 0.483 e. The third kappa shape index (κ3) is 3.98. The summed E-state index contributed by atoms with van der Waals surface area (Å²) in [7, 11) is 0. The van der Waals surface area contributed by atoms with Crippen LogP contribution >= 0.6 is 0 Å². The van der Waals surface area contributed by atoms with Gasteiger partial charge in [0.25, 0.3) is 5.91 Å². The van der Waals surface area contributed by atoms with Gasteiger partial charge in [-0.05, 0) is 88.6 Å². The van der Waals surface area contributed by atoms with Crippen LogP contribution in [0.4, 0.5) is 0 Å². The minimum Gasteiger partial charge on any atom is -0.483 e. The van der Waals surface area contributed by atoms with E-state index in [9.17, 15) is 9.59 Å². The number of aryl methyl sites for hydroxylation is 2. The lowest BCUT2D eigenvalue weighted by Gasteiger charge is -2.44. The Labute approximate surface area is 182 Å². The zero-order valence-corrected chi connectivity index (χ0v) is 18.4. The Morgan fingerprint density at radius 1 is 1.13 bits per heavy atom. The minimum absolute atomic E-state index is 0.0252. The summed E-state index contributed by atoms with van der Waals surface area (Å²) in [5.74, 6) is 1.04. The van der Waals surface area contributed by atoms with Gasteiger partial charge in [-0.15, -0.1) is 0 Å². The first-order chi connectivity index (χ1) is 15.1. The van der Waals surface area contributed by atoms with Gasteiger partial charge in [-0.1, -0.05) is 6.42 Å². The fraction of sp³-hybridized carbons (Fsp3) is 0.600. The number of piperidine rings is 2. The molecule has 1 N–H and O–H groups in total. The maximum Gasteiger partial charge on any atom is 0.339 e. The van der Waals surface area contributed by atoms with Crippen molar-refractivity contribution >= 4 is 16.9 Å². The van der Waals surface area contributed by atoms with E-state index in [4.69, 9.17) is 9.15 Å². The van der Waals surface area contributed by atoms with E-state index in [0.29, 0.717) is 23.3 Å². The molecule has 2 atom stereocenters. The van der Waals surface area contributed by atoms with E-state index in [1.165, 1.54) is 45.2 Å². The molecule has 2 aromatic rings. The zero-order chi connectivity index (χ0) is 21.4. The topological polar surface area (TPSA) is 71.8 Å². The van der Waals surface area contributed by atoms with E-state index >= 15 is 0 Å². The maximum atomic E-state index is 12.5. The molecule has 0 unspecified atom stereocenters. The van der Waals surface area contributed by atoms with Crippen LogP contribution in [0.3, 0.4) is 0 Å². The SMILES string of the molecule is Cc1c(OCC(=O)NC[C@H]2CCCN3CCCC[C@H]23)ccc2c3c(c(=O)oc12)CCC3. The van der Waals surface area contributed by atoms with Crippen molar-refractivity contribution in [3.05, 3.63) is 39.2 Å². The predicted octanol–water partition coefficient (Wildman–Crippen LogP) is 3.35. The van der Waals surface area contributed by atoms with Crippen LogP contribution in [0.25, 0.3) is 11.0 Å². The first-order valence-electron chi connectivity index (χ1n) is 11.8. The number of hydrogen-bond donors (Lipinski definition) is 1. The van der Waals surface area contributed by atoms with Crippen LogP contribution in [0.5, 0.6) is 5.75 Å². The van der Waals surface area contributed by atoms with Gasteiger partial charge in [-0.25, -0.2) is 4.79 Å². The normalized spacial score (nSPS) is 23.4. The zero-order valence-electron chi connectivity index (χ0n) is 18.4. The Morgan fingerprint density at radius 2 is 1.97 bits per heavy atom. The van der Waals surface area contributed by atoms with Gasteiger partial charge in [0.05, 0.1) is 0 Å². The van der Waals surface area contributed by atoms with Gasteiger partial charge in [-0.2, -0.15) is 0 Å². The van der Waals surface area contributed by atoms with E-state index in [1.807, 2.05) is 19.1 Å². The maximum absolute atomic E-state index is 12.5. The lowest BCUT2D eigenvalue weighted by atomic mass is 9.83. The van der Waals surface area contributed by atoms with Crippen molar-refractivity contribution < 1.29 is 13.9 Å².